The van der Waals surface area contributed by atoms with E-state index in [1.54, 1.807) is 5.12 Å². The summed E-state index contributed by atoms with van der Waals surface area (Å²) in [6, 6.07) is 18.4. The van der Waals surface area contributed by atoms with Gasteiger partial charge in [0, 0.05) is 5.56 Å². The Labute approximate surface area is 147 Å². The molecule has 6 nitrogen and oxygen atoms in total. The highest BCUT2D eigenvalue weighted by molar-refractivity contribution is 5.64. The monoisotopic (exact) mass is 338 g/mol. The summed E-state index contributed by atoms with van der Waals surface area (Å²) in [5.41, 5.74) is 9.36. The standard InChI is InChI=1S/C19H24N5O/c25-24-19(21-22-23(24)14-15-6-5-11-20-13-15)18-10-4-9-17(12-18)16-7-2-1-3-8-16/h1-4,7-10,12,15,19-22H,5-6,11,13-14H2/q+1. The molecule has 2 aliphatic rings. The van der Waals surface area contributed by atoms with Crippen molar-refractivity contribution in [2.75, 3.05) is 19.6 Å². The topological polar surface area (TPSA) is 59.4 Å². The summed E-state index contributed by atoms with van der Waals surface area (Å²) < 4.78 is 0. The van der Waals surface area contributed by atoms with Crippen molar-refractivity contribution >= 4 is 0 Å². The number of nitrogens with one attached hydrogen (secondary N) is 3. The highest BCUT2D eigenvalue weighted by Gasteiger charge is 2.41. The van der Waals surface area contributed by atoms with Crippen LogP contribution in [0, 0.1) is 10.8 Å². The van der Waals surface area contributed by atoms with Crippen LogP contribution < -0.4 is 16.3 Å². The highest BCUT2D eigenvalue weighted by atomic mass is 16.4. The summed E-state index contributed by atoms with van der Waals surface area (Å²) in [7, 11) is 0. The van der Waals surface area contributed by atoms with Gasteiger partial charge in [-0.3, -0.25) is 0 Å². The largest absolute Gasteiger partial charge is 0.328 e. The molecule has 0 aliphatic carbocycles. The molecule has 2 unspecified atom stereocenters. The fourth-order valence-corrected chi connectivity index (χ4v) is 3.56. The molecule has 6 heteroatoms. The number of nitrogens with zero attached hydrogens (tertiary/aromatic N) is 2. The van der Waals surface area contributed by atoms with Gasteiger partial charge in [-0.1, -0.05) is 53.6 Å². The van der Waals surface area contributed by atoms with Crippen molar-refractivity contribution < 1.29 is 4.87 Å². The third-order valence-electron chi connectivity index (χ3n) is 4.93. The van der Waals surface area contributed by atoms with Crippen molar-refractivity contribution in [3.8, 4) is 11.1 Å². The van der Waals surface area contributed by atoms with Gasteiger partial charge in [0.1, 0.15) is 6.54 Å². The second-order valence-electron chi connectivity index (χ2n) is 6.75. The number of hydrogen-bond acceptors (Lipinski definition) is 4. The van der Waals surface area contributed by atoms with Gasteiger partial charge in [0.05, 0.1) is 4.91 Å². The van der Waals surface area contributed by atoms with Gasteiger partial charge < -0.3 is 5.32 Å². The minimum absolute atomic E-state index is 0.416. The van der Waals surface area contributed by atoms with Gasteiger partial charge in [-0.2, -0.15) is 5.43 Å². The molecule has 4 rings (SSSR count). The summed E-state index contributed by atoms with van der Waals surface area (Å²) in [5, 5.41) is 5.05. The van der Waals surface area contributed by atoms with Crippen LogP contribution in [0.4, 0.5) is 0 Å². The molecule has 2 fully saturated rings. The van der Waals surface area contributed by atoms with Crippen molar-refractivity contribution in [1.29, 1.82) is 0 Å². The van der Waals surface area contributed by atoms with Crippen LogP contribution in [0.5, 0.6) is 0 Å². The van der Waals surface area contributed by atoms with Gasteiger partial charge >= 0.3 is 6.17 Å². The van der Waals surface area contributed by atoms with E-state index in [0.717, 1.165) is 41.1 Å². The van der Waals surface area contributed by atoms with E-state index in [4.69, 9.17) is 0 Å². The molecule has 25 heavy (non-hydrogen) atoms. The molecule has 0 spiro atoms. The summed E-state index contributed by atoms with van der Waals surface area (Å²) in [6.45, 7) is 2.76. The van der Waals surface area contributed by atoms with E-state index in [1.165, 1.54) is 6.42 Å². The third-order valence-corrected chi connectivity index (χ3v) is 4.93. The lowest BCUT2D eigenvalue weighted by Gasteiger charge is -2.23. The summed E-state index contributed by atoms with van der Waals surface area (Å²) in [5.74, 6) is 0.494. The van der Waals surface area contributed by atoms with Gasteiger partial charge in [0.2, 0.25) is 0 Å². The molecule has 2 aromatic rings. The van der Waals surface area contributed by atoms with Crippen LogP contribution in [-0.4, -0.2) is 29.6 Å². The summed E-state index contributed by atoms with van der Waals surface area (Å²) in [4.78, 5) is 13.7. The molecule has 0 bridgehead atoms. The van der Waals surface area contributed by atoms with E-state index in [0.29, 0.717) is 12.5 Å². The maximum absolute atomic E-state index is 12.7. The van der Waals surface area contributed by atoms with E-state index in [9.17, 15) is 4.91 Å². The maximum atomic E-state index is 12.7. The van der Waals surface area contributed by atoms with Gasteiger partial charge in [-0.05, 0) is 49.0 Å². The van der Waals surface area contributed by atoms with Gasteiger partial charge in [0.15, 0.2) is 4.87 Å². The lowest BCUT2D eigenvalue weighted by atomic mass is 10.00. The fourth-order valence-electron chi connectivity index (χ4n) is 3.56. The smallest absolute Gasteiger partial charge is 0.316 e. The lowest BCUT2D eigenvalue weighted by molar-refractivity contribution is -0.726. The second-order valence-corrected chi connectivity index (χ2v) is 6.75. The third kappa shape index (κ3) is 3.56. The lowest BCUT2D eigenvalue weighted by Crippen LogP contribution is -2.44. The Morgan fingerprint density at radius 3 is 2.72 bits per heavy atom. The van der Waals surface area contributed by atoms with Crippen molar-refractivity contribution in [2.45, 2.75) is 19.0 Å². The van der Waals surface area contributed by atoms with Crippen molar-refractivity contribution in [2.24, 2.45) is 5.92 Å². The molecule has 2 heterocycles. The molecule has 0 saturated carbocycles. The first-order valence-electron chi connectivity index (χ1n) is 8.92. The number of piperidine rings is 1. The molecular formula is C19H24N5O+. The fraction of sp³-hybridized carbons (Fsp3) is 0.368. The first-order valence-corrected chi connectivity index (χ1v) is 8.92. The Kier molecular flexibility index (Phi) is 4.74. The van der Waals surface area contributed by atoms with Gasteiger partial charge in [-0.15, -0.1) is 5.53 Å². The Balaban J connectivity index is 1.48. The second kappa shape index (κ2) is 7.31. The minimum Gasteiger partial charge on any atom is -0.316 e. The van der Waals surface area contributed by atoms with Crippen molar-refractivity contribution in [1.82, 2.24) is 21.4 Å². The zero-order valence-electron chi connectivity index (χ0n) is 14.2. The highest BCUT2D eigenvalue weighted by Crippen LogP contribution is 2.25. The molecule has 2 saturated heterocycles. The average Bonchev–Trinajstić information content (AvgIpc) is 3.04. The van der Waals surface area contributed by atoms with E-state index < -0.39 is 6.17 Å². The molecule has 2 aliphatic heterocycles. The van der Waals surface area contributed by atoms with E-state index in [1.807, 2.05) is 30.3 Å². The number of benzene rings is 2. The SMILES string of the molecule is O=[N+]1C(c2cccc(-c3ccccc3)c2)NNN1CC1CCCNC1. The van der Waals surface area contributed by atoms with Crippen LogP contribution in [0.2, 0.25) is 0 Å². The number of rotatable bonds is 4. The zero-order valence-corrected chi connectivity index (χ0v) is 14.2. The molecule has 0 amide bonds. The summed E-state index contributed by atoms with van der Waals surface area (Å²) >= 11 is 0. The van der Waals surface area contributed by atoms with Crippen LogP contribution >= 0.6 is 0 Å². The van der Waals surface area contributed by atoms with Gasteiger partial charge in [0.25, 0.3) is 0 Å². The predicted octanol–water partition coefficient (Wildman–Crippen LogP) is 2.37. The molecular weight excluding hydrogens is 314 g/mol. The molecule has 0 radical (unpaired) electrons. The molecule has 0 aromatic heterocycles. The molecule has 130 valence electrons. The predicted molar refractivity (Wildman–Crippen MR) is 96.8 cm³/mol. The Morgan fingerprint density at radius 1 is 1.08 bits per heavy atom. The average molecular weight is 338 g/mol. The van der Waals surface area contributed by atoms with E-state index in [2.05, 4.69) is 40.5 Å². The van der Waals surface area contributed by atoms with Crippen LogP contribution in [0.25, 0.3) is 11.1 Å². The van der Waals surface area contributed by atoms with Gasteiger partial charge in [-0.25, -0.2) is 0 Å². The van der Waals surface area contributed by atoms with E-state index in [-0.39, 0.29) is 0 Å². The number of hydrazine groups is 3. The first kappa shape index (κ1) is 16.2. The summed E-state index contributed by atoms with van der Waals surface area (Å²) in [6.07, 6.45) is 1.92. The maximum Gasteiger partial charge on any atom is 0.328 e. The van der Waals surface area contributed by atoms with Crippen molar-refractivity contribution in [3.63, 3.8) is 0 Å². The molecule has 2 atom stereocenters. The number of hydrogen-bond donors (Lipinski definition) is 3. The van der Waals surface area contributed by atoms with Crippen LogP contribution in [0.3, 0.4) is 0 Å². The Morgan fingerprint density at radius 2 is 1.92 bits per heavy atom. The van der Waals surface area contributed by atoms with Crippen molar-refractivity contribution in [3.05, 3.63) is 65.1 Å². The zero-order chi connectivity index (χ0) is 17.1. The normalized spacial score (nSPS) is 23.8. The quantitative estimate of drug-likeness (QED) is 0.747. The Hall–Kier alpha value is -2.28. The minimum atomic E-state index is -0.416. The first-order chi connectivity index (χ1) is 12.3. The van der Waals surface area contributed by atoms with Crippen LogP contribution in [0.1, 0.15) is 24.6 Å². The van der Waals surface area contributed by atoms with Crippen LogP contribution in [0.15, 0.2) is 54.6 Å². The molecule has 2 aromatic carbocycles. The van der Waals surface area contributed by atoms with Crippen LogP contribution in [-0.2, 0) is 0 Å². The Bertz CT molecular complexity index is 730. The molecule has 3 N–H and O–H groups in total. The number of nitroso groups, excluding NO2 is 1. The van der Waals surface area contributed by atoms with E-state index >= 15 is 0 Å².